The number of hydrogen-bond donors (Lipinski definition) is 0. The van der Waals surface area contributed by atoms with Gasteiger partial charge in [0.05, 0.1) is 6.61 Å². The van der Waals surface area contributed by atoms with Gasteiger partial charge in [0.1, 0.15) is 10.7 Å². The molecule has 0 saturated carbocycles. The summed E-state index contributed by atoms with van der Waals surface area (Å²) in [6.45, 7) is 1.50. The van der Waals surface area contributed by atoms with Gasteiger partial charge in [-0.05, 0) is 24.6 Å². The van der Waals surface area contributed by atoms with Crippen molar-refractivity contribution in [3.8, 4) is 0 Å². The van der Waals surface area contributed by atoms with Crippen LogP contribution in [0.25, 0.3) is 0 Å². The number of benzene rings is 1. The van der Waals surface area contributed by atoms with Crippen LogP contribution in [0, 0.1) is 5.82 Å². The van der Waals surface area contributed by atoms with Crippen molar-refractivity contribution in [3.05, 3.63) is 28.5 Å². The van der Waals surface area contributed by atoms with E-state index in [1.165, 1.54) is 16.4 Å². The summed E-state index contributed by atoms with van der Waals surface area (Å²) in [6, 6.07) is 3.95. The zero-order valence-corrected chi connectivity index (χ0v) is 12.0. The van der Waals surface area contributed by atoms with Gasteiger partial charge in [-0.2, -0.15) is 4.31 Å². The van der Waals surface area contributed by atoms with Gasteiger partial charge in [-0.15, -0.1) is 0 Å². The Labute approximate surface area is 114 Å². The monoisotopic (exact) mass is 337 g/mol. The van der Waals surface area contributed by atoms with Gasteiger partial charge in [-0.25, -0.2) is 12.8 Å². The third-order valence-electron chi connectivity index (χ3n) is 2.69. The van der Waals surface area contributed by atoms with Gasteiger partial charge in [0.15, 0.2) is 0 Å². The zero-order valence-electron chi connectivity index (χ0n) is 9.60. The average molecular weight is 338 g/mol. The van der Waals surface area contributed by atoms with Gasteiger partial charge in [-0.3, -0.25) is 0 Å². The lowest BCUT2D eigenvalue weighted by molar-refractivity contribution is 0.148. The Morgan fingerprint density at radius 1 is 1.28 bits per heavy atom. The van der Waals surface area contributed by atoms with Gasteiger partial charge < -0.3 is 4.74 Å². The van der Waals surface area contributed by atoms with Crippen LogP contribution in [-0.4, -0.2) is 39.0 Å². The Kier molecular flexibility index (Phi) is 4.37. The molecule has 1 aromatic carbocycles. The van der Waals surface area contributed by atoms with E-state index in [0.29, 0.717) is 30.7 Å². The second-order valence-electron chi connectivity index (χ2n) is 3.94. The number of halogens is 2. The smallest absolute Gasteiger partial charge is 0.246 e. The fourth-order valence-electron chi connectivity index (χ4n) is 1.79. The Balaban J connectivity index is 2.34. The minimum absolute atomic E-state index is 0.262. The minimum atomic E-state index is -3.78. The molecule has 0 spiro atoms. The van der Waals surface area contributed by atoms with Gasteiger partial charge in [0.25, 0.3) is 0 Å². The lowest BCUT2D eigenvalue weighted by Gasteiger charge is -2.19. The standard InChI is InChI=1S/C11H13BrFNO3S/c12-9-2-3-11(10(13)8-9)18(15,16)14-4-1-6-17-7-5-14/h2-3,8H,1,4-7H2. The molecule has 0 radical (unpaired) electrons. The average Bonchev–Trinajstić information content (AvgIpc) is 2.57. The third kappa shape index (κ3) is 2.90. The first-order valence-corrected chi connectivity index (χ1v) is 7.78. The van der Waals surface area contributed by atoms with E-state index >= 15 is 0 Å². The molecule has 0 aliphatic carbocycles. The van der Waals surface area contributed by atoms with E-state index < -0.39 is 15.8 Å². The first-order chi connectivity index (χ1) is 8.51. The van der Waals surface area contributed by atoms with Crippen LogP contribution in [0.3, 0.4) is 0 Å². The normalized spacial score (nSPS) is 18.6. The highest BCUT2D eigenvalue weighted by Crippen LogP contribution is 2.23. The molecule has 100 valence electrons. The summed E-state index contributed by atoms with van der Waals surface area (Å²) in [6.07, 6.45) is 0.622. The lowest BCUT2D eigenvalue weighted by atomic mass is 10.3. The zero-order chi connectivity index (χ0) is 13.2. The highest BCUT2D eigenvalue weighted by atomic mass is 79.9. The van der Waals surface area contributed by atoms with Crippen molar-refractivity contribution >= 4 is 26.0 Å². The van der Waals surface area contributed by atoms with E-state index in [2.05, 4.69) is 15.9 Å². The number of nitrogens with zero attached hydrogens (tertiary/aromatic N) is 1. The van der Waals surface area contributed by atoms with Crippen molar-refractivity contribution in [1.29, 1.82) is 0 Å². The molecule has 2 rings (SSSR count). The second kappa shape index (κ2) is 5.64. The van der Waals surface area contributed by atoms with Gasteiger partial charge in [0, 0.05) is 24.2 Å². The molecule has 0 unspecified atom stereocenters. The SMILES string of the molecule is O=S(=O)(c1ccc(Br)cc1F)N1CCCOCC1. The Morgan fingerprint density at radius 2 is 2.06 bits per heavy atom. The highest BCUT2D eigenvalue weighted by molar-refractivity contribution is 9.10. The number of hydrogen-bond acceptors (Lipinski definition) is 3. The van der Waals surface area contributed by atoms with Crippen LogP contribution in [0.1, 0.15) is 6.42 Å². The summed E-state index contributed by atoms with van der Waals surface area (Å²) in [7, 11) is -3.78. The Hall–Kier alpha value is -0.500. The molecule has 4 nitrogen and oxygen atoms in total. The number of ether oxygens (including phenoxy) is 1. The summed E-state index contributed by atoms with van der Waals surface area (Å²) >= 11 is 3.10. The van der Waals surface area contributed by atoms with E-state index in [-0.39, 0.29) is 11.4 Å². The molecular formula is C11H13BrFNO3S. The number of sulfonamides is 1. The predicted octanol–water partition coefficient (Wildman–Crippen LogP) is 2.00. The van der Waals surface area contributed by atoms with Gasteiger partial charge in [0.2, 0.25) is 10.0 Å². The maximum atomic E-state index is 13.7. The van der Waals surface area contributed by atoms with Crippen LogP contribution < -0.4 is 0 Å². The molecular weight excluding hydrogens is 325 g/mol. The second-order valence-corrected chi connectivity index (χ2v) is 6.77. The molecule has 0 amide bonds. The summed E-state index contributed by atoms with van der Waals surface area (Å²) < 4.78 is 45.3. The highest BCUT2D eigenvalue weighted by Gasteiger charge is 2.28. The van der Waals surface area contributed by atoms with Crippen molar-refractivity contribution < 1.29 is 17.5 Å². The van der Waals surface area contributed by atoms with E-state index in [0.717, 1.165) is 6.07 Å². The summed E-state index contributed by atoms with van der Waals surface area (Å²) in [5.74, 6) is -0.741. The Morgan fingerprint density at radius 3 is 2.78 bits per heavy atom. The molecule has 1 saturated heterocycles. The molecule has 0 aromatic heterocycles. The van der Waals surface area contributed by atoms with Crippen molar-refractivity contribution in [3.63, 3.8) is 0 Å². The fraction of sp³-hybridized carbons (Fsp3) is 0.455. The summed E-state index contributed by atoms with van der Waals surface area (Å²) in [5, 5.41) is 0. The van der Waals surface area contributed by atoms with Crippen LogP contribution in [0.15, 0.2) is 27.6 Å². The molecule has 1 aliphatic heterocycles. The van der Waals surface area contributed by atoms with E-state index in [9.17, 15) is 12.8 Å². The van der Waals surface area contributed by atoms with E-state index in [1.807, 2.05) is 0 Å². The molecule has 1 heterocycles. The largest absolute Gasteiger partial charge is 0.380 e. The topological polar surface area (TPSA) is 46.6 Å². The molecule has 1 aliphatic rings. The van der Waals surface area contributed by atoms with Gasteiger partial charge >= 0.3 is 0 Å². The molecule has 0 atom stereocenters. The maximum absolute atomic E-state index is 13.7. The van der Waals surface area contributed by atoms with Crippen LogP contribution >= 0.6 is 15.9 Å². The van der Waals surface area contributed by atoms with Crippen LogP contribution in [0.2, 0.25) is 0 Å². The van der Waals surface area contributed by atoms with Crippen LogP contribution in [0.4, 0.5) is 4.39 Å². The summed E-state index contributed by atoms with van der Waals surface area (Å²) in [4.78, 5) is -0.285. The van der Waals surface area contributed by atoms with Crippen LogP contribution in [0.5, 0.6) is 0 Å². The molecule has 7 heteroatoms. The van der Waals surface area contributed by atoms with E-state index in [4.69, 9.17) is 4.74 Å². The van der Waals surface area contributed by atoms with Crippen molar-refractivity contribution in [2.45, 2.75) is 11.3 Å². The molecule has 1 fully saturated rings. The number of rotatable bonds is 2. The first kappa shape index (κ1) is 13.9. The quantitative estimate of drug-likeness (QED) is 0.829. The minimum Gasteiger partial charge on any atom is -0.380 e. The predicted molar refractivity (Wildman–Crippen MR) is 68.3 cm³/mol. The molecule has 0 bridgehead atoms. The molecule has 18 heavy (non-hydrogen) atoms. The lowest BCUT2D eigenvalue weighted by Crippen LogP contribution is -2.33. The van der Waals surface area contributed by atoms with Crippen LogP contribution in [-0.2, 0) is 14.8 Å². The molecule has 1 aromatic rings. The Bertz CT molecular complexity index is 527. The first-order valence-electron chi connectivity index (χ1n) is 5.55. The maximum Gasteiger partial charge on any atom is 0.246 e. The van der Waals surface area contributed by atoms with E-state index in [1.54, 1.807) is 0 Å². The third-order valence-corrected chi connectivity index (χ3v) is 5.12. The summed E-state index contributed by atoms with van der Waals surface area (Å²) in [5.41, 5.74) is 0. The van der Waals surface area contributed by atoms with Crippen molar-refractivity contribution in [2.24, 2.45) is 0 Å². The molecule has 0 N–H and O–H groups in total. The fourth-order valence-corrected chi connectivity index (χ4v) is 3.63. The van der Waals surface area contributed by atoms with Crippen molar-refractivity contribution in [1.82, 2.24) is 4.31 Å². The van der Waals surface area contributed by atoms with Gasteiger partial charge in [-0.1, -0.05) is 15.9 Å². The van der Waals surface area contributed by atoms with Crippen molar-refractivity contribution in [2.75, 3.05) is 26.3 Å².